The normalized spacial score (nSPS) is 13.4. The van der Waals surface area contributed by atoms with Gasteiger partial charge in [-0.3, -0.25) is 4.79 Å². The topological polar surface area (TPSA) is 45.7 Å². The molecule has 0 bridgehead atoms. The zero-order valence-electron chi connectivity index (χ0n) is 10.9. The highest BCUT2D eigenvalue weighted by Crippen LogP contribution is 2.27. The molecule has 0 aliphatic heterocycles. The first-order chi connectivity index (χ1) is 8.79. The van der Waals surface area contributed by atoms with Crippen molar-refractivity contribution in [2.75, 3.05) is 0 Å². The number of rotatable bonds is 5. The highest BCUT2D eigenvalue weighted by Gasteiger charge is 2.37. The number of alkyl halides is 3. The van der Waals surface area contributed by atoms with Crippen molar-refractivity contribution < 1.29 is 10.1 Å². The number of carbonyl (C=O) groups is 1. The quantitative estimate of drug-likeness (QED) is 0.632. The van der Waals surface area contributed by atoms with Crippen molar-refractivity contribution >= 4 is 40.7 Å². The Balaban J connectivity index is 2.61. The molecule has 0 fully saturated rings. The van der Waals surface area contributed by atoms with Crippen LogP contribution in [-0.4, -0.2) is 21.9 Å². The maximum atomic E-state index is 11.9. The molecule has 3 nitrogen and oxygen atoms in total. The van der Waals surface area contributed by atoms with Gasteiger partial charge in [0.15, 0.2) is 0 Å². The number of benzene rings is 1. The highest BCUT2D eigenvalue weighted by atomic mass is 35.6. The van der Waals surface area contributed by atoms with E-state index in [0.717, 1.165) is 5.56 Å². The molecule has 1 aromatic rings. The average Bonchev–Trinajstić information content (AvgIpc) is 2.27. The van der Waals surface area contributed by atoms with Crippen LogP contribution in [0.25, 0.3) is 0 Å². The van der Waals surface area contributed by atoms with Crippen molar-refractivity contribution in [3.63, 3.8) is 0 Å². The van der Waals surface area contributed by atoms with Gasteiger partial charge >= 0.3 is 0 Å². The predicted molar refractivity (Wildman–Crippen MR) is 79.4 cm³/mol. The zero-order valence-corrected chi connectivity index (χ0v) is 13.1. The molecule has 1 atom stereocenters. The molecule has 1 aromatic carbocycles. The third-order valence-electron chi connectivity index (χ3n) is 2.45. The van der Waals surface area contributed by atoms with E-state index in [1.807, 2.05) is 49.5 Å². The van der Waals surface area contributed by atoms with Gasteiger partial charge in [-0.1, -0.05) is 65.1 Å². The lowest BCUT2D eigenvalue weighted by atomic mass is 10.1. The molecule has 0 saturated heterocycles. The van der Waals surface area contributed by atoms with E-state index in [4.69, 9.17) is 34.8 Å². The molecule has 0 aromatic heterocycles. The Morgan fingerprint density at radius 1 is 1.26 bits per heavy atom. The number of hydrogen-bond acceptors (Lipinski definition) is 1. The molecule has 0 heterocycles. The van der Waals surface area contributed by atoms with Crippen molar-refractivity contribution in [1.82, 2.24) is 5.32 Å². The first-order valence-corrected chi connectivity index (χ1v) is 7.17. The van der Waals surface area contributed by atoms with Crippen molar-refractivity contribution in [3.05, 3.63) is 35.9 Å². The van der Waals surface area contributed by atoms with Gasteiger partial charge in [-0.2, -0.15) is 0 Å². The van der Waals surface area contributed by atoms with Gasteiger partial charge in [0.2, 0.25) is 12.1 Å². The Bertz CT molecular complexity index is 404. The average molecular weight is 325 g/mol. The van der Waals surface area contributed by atoms with E-state index < -0.39 is 9.96 Å². The second kappa shape index (κ2) is 7.34. The third-order valence-corrected chi connectivity index (χ3v) is 3.16. The summed E-state index contributed by atoms with van der Waals surface area (Å²) in [4.78, 5) is 11.9. The van der Waals surface area contributed by atoms with Crippen LogP contribution < -0.4 is 10.6 Å². The minimum absolute atomic E-state index is 0.167. The molecule has 0 aliphatic carbocycles. The van der Waals surface area contributed by atoms with Crippen LogP contribution in [0.5, 0.6) is 0 Å². The summed E-state index contributed by atoms with van der Waals surface area (Å²) in [6, 6.07) is 9.65. The van der Waals surface area contributed by atoms with Crippen molar-refractivity contribution in [3.8, 4) is 0 Å². The van der Waals surface area contributed by atoms with Gasteiger partial charge in [0.05, 0.1) is 12.5 Å². The van der Waals surface area contributed by atoms with E-state index in [2.05, 4.69) is 5.32 Å². The van der Waals surface area contributed by atoms with E-state index in [0.29, 0.717) is 0 Å². The summed E-state index contributed by atoms with van der Waals surface area (Å²) in [6.45, 7) is 3.93. The SMILES string of the molecule is CC(C)[NH2+]C(NC(=O)Cc1ccccc1)C(Cl)(Cl)Cl. The Labute approximate surface area is 128 Å². The molecule has 1 unspecified atom stereocenters. The van der Waals surface area contributed by atoms with Gasteiger partial charge in [-0.15, -0.1) is 0 Å². The van der Waals surface area contributed by atoms with Crippen LogP contribution in [0.1, 0.15) is 19.4 Å². The fraction of sp³-hybridized carbons (Fsp3) is 0.462. The lowest BCUT2D eigenvalue weighted by Crippen LogP contribution is -2.99. The number of halogens is 3. The number of amides is 1. The van der Waals surface area contributed by atoms with Crippen molar-refractivity contribution in [2.45, 2.75) is 36.3 Å². The second-order valence-corrected chi connectivity index (χ2v) is 7.05. The molecule has 3 N–H and O–H groups in total. The summed E-state index contributed by atoms with van der Waals surface area (Å²) < 4.78 is -1.55. The Kier molecular flexibility index (Phi) is 6.40. The van der Waals surface area contributed by atoms with Crippen LogP contribution in [0.3, 0.4) is 0 Å². The van der Waals surface area contributed by atoms with E-state index >= 15 is 0 Å². The molecular weight excluding hydrogens is 307 g/mol. The van der Waals surface area contributed by atoms with Crippen LogP contribution in [-0.2, 0) is 11.2 Å². The van der Waals surface area contributed by atoms with Crippen LogP contribution >= 0.6 is 34.8 Å². The summed E-state index contributed by atoms with van der Waals surface area (Å²) in [6.07, 6.45) is -0.335. The predicted octanol–water partition coefficient (Wildman–Crippen LogP) is 2.01. The Morgan fingerprint density at radius 3 is 2.32 bits per heavy atom. The Morgan fingerprint density at radius 2 is 1.84 bits per heavy atom. The fourth-order valence-electron chi connectivity index (χ4n) is 1.63. The number of quaternary nitrogens is 1. The maximum absolute atomic E-state index is 11.9. The van der Waals surface area contributed by atoms with E-state index in [1.54, 1.807) is 0 Å². The van der Waals surface area contributed by atoms with Gasteiger partial charge in [0.1, 0.15) is 0 Å². The minimum Gasteiger partial charge on any atom is -0.321 e. The molecule has 1 amide bonds. The fourth-order valence-corrected chi connectivity index (χ4v) is 2.01. The van der Waals surface area contributed by atoms with E-state index in [1.165, 1.54) is 0 Å². The maximum Gasteiger partial charge on any atom is 0.262 e. The first kappa shape index (κ1) is 16.6. The van der Waals surface area contributed by atoms with Gasteiger partial charge in [-0.25, -0.2) is 0 Å². The van der Waals surface area contributed by atoms with Crippen LogP contribution in [0.4, 0.5) is 0 Å². The first-order valence-electron chi connectivity index (χ1n) is 6.04. The van der Waals surface area contributed by atoms with Crippen LogP contribution in [0.2, 0.25) is 0 Å². The van der Waals surface area contributed by atoms with E-state index in [9.17, 15) is 4.79 Å². The summed E-state index contributed by atoms with van der Waals surface area (Å²) in [5.74, 6) is -0.167. The second-order valence-electron chi connectivity index (χ2n) is 4.69. The Hall–Kier alpha value is -0.480. The van der Waals surface area contributed by atoms with Crippen LogP contribution in [0, 0.1) is 0 Å². The van der Waals surface area contributed by atoms with Crippen molar-refractivity contribution in [1.29, 1.82) is 0 Å². The molecule has 1 rings (SSSR count). The van der Waals surface area contributed by atoms with Crippen molar-refractivity contribution in [2.24, 2.45) is 0 Å². The van der Waals surface area contributed by atoms with Crippen LogP contribution in [0.15, 0.2) is 30.3 Å². The van der Waals surface area contributed by atoms with Gasteiger partial charge in [-0.05, 0) is 19.4 Å². The molecule has 19 heavy (non-hydrogen) atoms. The summed E-state index contributed by atoms with van der Waals surface area (Å²) in [7, 11) is 0. The van der Waals surface area contributed by atoms with Gasteiger partial charge in [0.25, 0.3) is 3.79 Å². The molecule has 6 heteroatoms. The molecule has 106 valence electrons. The summed E-state index contributed by atoms with van der Waals surface area (Å²) >= 11 is 17.6. The number of nitrogens with two attached hydrogens (primary N) is 1. The van der Waals surface area contributed by atoms with Gasteiger partial charge in [0, 0.05) is 0 Å². The number of carbonyl (C=O) groups excluding carboxylic acids is 1. The number of hydrogen-bond donors (Lipinski definition) is 2. The largest absolute Gasteiger partial charge is 0.321 e. The van der Waals surface area contributed by atoms with Gasteiger partial charge < -0.3 is 10.6 Å². The molecule has 0 aliphatic rings. The molecule has 0 saturated carbocycles. The summed E-state index contributed by atoms with van der Waals surface area (Å²) in [5.41, 5.74) is 0.924. The molecule has 0 radical (unpaired) electrons. The summed E-state index contributed by atoms with van der Waals surface area (Å²) in [5, 5.41) is 4.56. The number of nitrogens with one attached hydrogen (secondary N) is 1. The highest BCUT2D eigenvalue weighted by molar-refractivity contribution is 6.68. The minimum atomic E-state index is -1.55. The monoisotopic (exact) mass is 323 g/mol. The lowest BCUT2D eigenvalue weighted by molar-refractivity contribution is -0.718. The zero-order chi connectivity index (χ0) is 14.5. The smallest absolute Gasteiger partial charge is 0.262 e. The van der Waals surface area contributed by atoms with E-state index in [-0.39, 0.29) is 18.4 Å². The lowest BCUT2D eigenvalue weighted by Gasteiger charge is -2.25. The standard InChI is InChI=1S/C13H17Cl3N2O/c1-9(2)17-12(13(14,15)16)18-11(19)8-10-6-4-3-5-7-10/h3-7,9,12,17H,8H2,1-2H3,(H,18,19)/p+1. The molecular formula is C13H18Cl3N2O+. The molecule has 0 spiro atoms. The third kappa shape index (κ3) is 6.48.